The summed E-state index contributed by atoms with van der Waals surface area (Å²) in [5.41, 5.74) is 1.84. The van der Waals surface area contributed by atoms with E-state index < -0.39 is 0 Å². The Morgan fingerprint density at radius 3 is 2.84 bits per heavy atom. The van der Waals surface area contributed by atoms with E-state index in [-0.39, 0.29) is 18.1 Å². The average Bonchev–Trinajstić information content (AvgIpc) is 2.36. The van der Waals surface area contributed by atoms with E-state index >= 15 is 0 Å². The van der Waals surface area contributed by atoms with Gasteiger partial charge in [-0.3, -0.25) is 4.79 Å². The van der Waals surface area contributed by atoms with Gasteiger partial charge in [-0.2, -0.15) is 0 Å². The molecule has 0 N–H and O–H groups in total. The first-order chi connectivity index (χ1) is 9.01. The number of amides is 1. The van der Waals surface area contributed by atoms with Crippen molar-refractivity contribution in [2.24, 2.45) is 0 Å². The lowest BCUT2D eigenvalue weighted by atomic mass is 10.1. The van der Waals surface area contributed by atoms with Gasteiger partial charge in [0.15, 0.2) is 0 Å². The summed E-state index contributed by atoms with van der Waals surface area (Å²) >= 11 is 3.45. The Bertz CT molecular complexity index is 455. The van der Waals surface area contributed by atoms with Gasteiger partial charge in [0.25, 0.3) is 5.91 Å². The molecule has 104 valence electrons. The first-order valence-corrected chi connectivity index (χ1v) is 7.50. The van der Waals surface area contributed by atoms with Crippen LogP contribution >= 0.6 is 15.9 Å². The maximum atomic E-state index is 12.7. The highest BCUT2D eigenvalue weighted by molar-refractivity contribution is 9.10. The lowest BCUT2D eigenvalue weighted by Crippen LogP contribution is -2.51. The summed E-state index contributed by atoms with van der Waals surface area (Å²) in [4.78, 5) is 14.6. The van der Waals surface area contributed by atoms with Crippen LogP contribution in [0.1, 0.15) is 36.2 Å². The van der Waals surface area contributed by atoms with Crippen LogP contribution in [0.25, 0.3) is 0 Å². The summed E-state index contributed by atoms with van der Waals surface area (Å²) in [5.74, 6) is 0.103. The van der Waals surface area contributed by atoms with Gasteiger partial charge in [-0.25, -0.2) is 0 Å². The van der Waals surface area contributed by atoms with Crippen LogP contribution in [0, 0.1) is 6.92 Å². The predicted molar refractivity (Wildman–Crippen MR) is 79.4 cm³/mol. The summed E-state index contributed by atoms with van der Waals surface area (Å²) in [7, 11) is 0. The van der Waals surface area contributed by atoms with E-state index in [1.807, 2.05) is 36.9 Å². The quantitative estimate of drug-likeness (QED) is 0.834. The zero-order chi connectivity index (χ0) is 14.0. The number of ether oxygens (including phenoxy) is 1. The van der Waals surface area contributed by atoms with E-state index in [4.69, 9.17) is 4.74 Å². The van der Waals surface area contributed by atoms with E-state index in [2.05, 4.69) is 22.9 Å². The number of halogens is 1. The lowest BCUT2D eigenvalue weighted by molar-refractivity contribution is -0.0444. The number of rotatable bonds is 2. The minimum Gasteiger partial charge on any atom is -0.375 e. The molecule has 0 aliphatic carbocycles. The van der Waals surface area contributed by atoms with Crippen molar-refractivity contribution in [3.63, 3.8) is 0 Å². The van der Waals surface area contributed by atoms with Gasteiger partial charge >= 0.3 is 0 Å². The van der Waals surface area contributed by atoms with Gasteiger partial charge in [-0.1, -0.05) is 22.9 Å². The SMILES string of the molecule is CCC1COC(C)CN1C(=O)c1cc(C)cc(Br)c1. The van der Waals surface area contributed by atoms with Crippen molar-refractivity contribution in [3.8, 4) is 0 Å². The van der Waals surface area contributed by atoms with Gasteiger partial charge in [0.1, 0.15) is 0 Å². The van der Waals surface area contributed by atoms with Gasteiger partial charge in [-0.15, -0.1) is 0 Å². The van der Waals surface area contributed by atoms with Crippen LogP contribution in [0.4, 0.5) is 0 Å². The van der Waals surface area contributed by atoms with Gasteiger partial charge < -0.3 is 9.64 Å². The summed E-state index contributed by atoms with van der Waals surface area (Å²) < 4.78 is 6.59. The van der Waals surface area contributed by atoms with E-state index in [1.54, 1.807) is 0 Å². The summed E-state index contributed by atoms with van der Waals surface area (Å²) in [6.07, 6.45) is 1.03. The highest BCUT2D eigenvalue weighted by atomic mass is 79.9. The van der Waals surface area contributed by atoms with Crippen molar-refractivity contribution < 1.29 is 9.53 Å². The van der Waals surface area contributed by atoms with Crippen LogP contribution < -0.4 is 0 Å². The molecule has 1 aliphatic rings. The van der Waals surface area contributed by atoms with Crippen LogP contribution in [0.5, 0.6) is 0 Å². The number of nitrogens with zero attached hydrogens (tertiary/aromatic N) is 1. The van der Waals surface area contributed by atoms with Gasteiger partial charge in [-0.05, 0) is 44.0 Å². The highest BCUT2D eigenvalue weighted by Gasteiger charge is 2.30. The molecule has 2 rings (SSSR count). The number of morpholine rings is 1. The standard InChI is InChI=1S/C15H20BrNO2/c1-4-14-9-19-11(3)8-17(14)15(18)12-5-10(2)6-13(16)7-12/h5-7,11,14H,4,8-9H2,1-3H3. The van der Waals surface area contributed by atoms with Gasteiger partial charge in [0.05, 0.1) is 18.8 Å². The molecule has 3 nitrogen and oxygen atoms in total. The smallest absolute Gasteiger partial charge is 0.254 e. The molecule has 2 atom stereocenters. The fraction of sp³-hybridized carbons (Fsp3) is 0.533. The van der Waals surface area contributed by atoms with Gasteiger partial charge in [0, 0.05) is 16.6 Å². The molecule has 0 aromatic heterocycles. The number of aryl methyl sites for hydroxylation is 1. The monoisotopic (exact) mass is 325 g/mol. The second-order valence-corrected chi connectivity index (χ2v) is 6.10. The maximum absolute atomic E-state index is 12.7. The van der Waals surface area contributed by atoms with Crippen molar-refractivity contribution in [1.82, 2.24) is 4.90 Å². The zero-order valence-corrected chi connectivity index (χ0v) is 13.2. The number of carbonyl (C=O) groups excluding carboxylic acids is 1. The molecule has 1 aromatic rings. The fourth-order valence-corrected chi connectivity index (χ4v) is 3.06. The van der Waals surface area contributed by atoms with Crippen molar-refractivity contribution in [1.29, 1.82) is 0 Å². The zero-order valence-electron chi connectivity index (χ0n) is 11.6. The molecule has 1 aromatic carbocycles. The fourth-order valence-electron chi connectivity index (χ4n) is 2.46. The average molecular weight is 326 g/mol. The second kappa shape index (κ2) is 6.06. The van der Waals surface area contributed by atoms with E-state index in [0.717, 1.165) is 22.0 Å². The Morgan fingerprint density at radius 2 is 2.21 bits per heavy atom. The first-order valence-electron chi connectivity index (χ1n) is 6.71. The number of hydrogen-bond donors (Lipinski definition) is 0. The summed E-state index contributed by atoms with van der Waals surface area (Å²) in [6.45, 7) is 7.41. The Hall–Kier alpha value is -0.870. The molecule has 19 heavy (non-hydrogen) atoms. The summed E-state index contributed by atoms with van der Waals surface area (Å²) in [5, 5.41) is 0. The van der Waals surface area contributed by atoms with E-state index in [1.165, 1.54) is 0 Å². The van der Waals surface area contributed by atoms with Crippen molar-refractivity contribution in [2.75, 3.05) is 13.2 Å². The molecule has 2 unspecified atom stereocenters. The largest absolute Gasteiger partial charge is 0.375 e. The van der Waals surface area contributed by atoms with Crippen LogP contribution in [0.15, 0.2) is 22.7 Å². The highest BCUT2D eigenvalue weighted by Crippen LogP contribution is 2.21. The molecule has 1 heterocycles. The second-order valence-electron chi connectivity index (χ2n) is 5.18. The molecular weight excluding hydrogens is 306 g/mol. The third-order valence-corrected chi connectivity index (χ3v) is 3.95. The number of carbonyl (C=O) groups is 1. The minimum absolute atomic E-state index is 0.103. The topological polar surface area (TPSA) is 29.5 Å². The maximum Gasteiger partial charge on any atom is 0.254 e. The molecule has 1 saturated heterocycles. The molecule has 0 radical (unpaired) electrons. The molecule has 1 aliphatic heterocycles. The molecule has 1 amide bonds. The van der Waals surface area contributed by atoms with E-state index in [9.17, 15) is 4.79 Å². The van der Waals surface area contributed by atoms with Crippen molar-refractivity contribution in [3.05, 3.63) is 33.8 Å². The van der Waals surface area contributed by atoms with E-state index in [0.29, 0.717) is 13.2 Å². The molecule has 0 bridgehead atoms. The summed E-state index contributed by atoms with van der Waals surface area (Å²) in [6, 6.07) is 6.03. The Kier molecular flexibility index (Phi) is 4.63. The molecular formula is C15H20BrNO2. The van der Waals surface area contributed by atoms with Crippen molar-refractivity contribution >= 4 is 21.8 Å². The molecule has 4 heteroatoms. The lowest BCUT2D eigenvalue weighted by Gasteiger charge is -2.38. The Balaban J connectivity index is 2.25. The Morgan fingerprint density at radius 1 is 1.47 bits per heavy atom. The number of hydrogen-bond acceptors (Lipinski definition) is 2. The third-order valence-electron chi connectivity index (χ3n) is 3.49. The van der Waals surface area contributed by atoms with Crippen LogP contribution in [0.3, 0.4) is 0 Å². The van der Waals surface area contributed by atoms with Crippen LogP contribution in [0.2, 0.25) is 0 Å². The predicted octanol–water partition coefficient (Wildman–Crippen LogP) is 3.40. The first kappa shape index (κ1) is 14.5. The molecule has 0 saturated carbocycles. The molecule has 0 spiro atoms. The molecule has 1 fully saturated rings. The van der Waals surface area contributed by atoms with Crippen LogP contribution in [-0.4, -0.2) is 36.1 Å². The number of benzene rings is 1. The Labute approximate surface area is 123 Å². The minimum atomic E-state index is 0.103. The third kappa shape index (κ3) is 3.37. The van der Waals surface area contributed by atoms with Crippen molar-refractivity contribution in [2.45, 2.75) is 39.3 Å². The van der Waals surface area contributed by atoms with Gasteiger partial charge in [0.2, 0.25) is 0 Å². The van der Waals surface area contributed by atoms with Crippen LogP contribution in [-0.2, 0) is 4.74 Å². The normalized spacial score (nSPS) is 23.5.